The second-order valence-corrected chi connectivity index (χ2v) is 15.5. The number of rotatable bonds is 13. The fourth-order valence-corrected chi connectivity index (χ4v) is 4.42. The summed E-state index contributed by atoms with van der Waals surface area (Å²) in [5, 5.41) is 0. The molecule has 0 amide bonds. The Morgan fingerprint density at radius 2 is 0.915 bits per heavy atom. The molecule has 0 aliphatic rings. The van der Waals surface area contributed by atoms with E-state index in [1.54, 1.807) is 123 Å². The topological polar surface area (TPSA) is 138 Å². The number of hydrogen-bond acceptors (Lipinski definition) is 12. The van der Waals surface area contributed by atoms with Gasteiger partial charge in [0.15, 0.2) is 0 Å². The number of pyridine rings is 1. The highest BCUT2D eigenvalue weighted by Gasteiger charge is 2.26. The van der Waals surface area contributed by atoms with Crippen LogP contribution in [0.15, 0.2) is 34.9 Å². The molecule has 2 aromatic heterocycles. The predicted molar refractivity (Wildman–Crippen MR) is 176 cm³/mol. The van der Waals surface area contributed by atoms with E-state index in [0.717, 1.165) is 0 Å². The Balaban J connectivity index is 2.48. The van der Waals surface area contributed by atoms with Crippen molar-refractivity contribution in [1.82, 2.24) is 14.8 Å². The van der Waals surface area contributed by atoms with Crippen LogP contribution in [0.3, 0.4) is 0 Å². The van der Waals surface area contributed by atoms with Crippen molar-refractivity contribution in [2.45, 2.75) is 119 Å². The molecule has 12 nitrogen and oxygen atoms in total. The number of esters is 4. The Bertz CT molecular complexity index is 1210. The first-order chi connectivity index (χ1) is 21.4. The summed E-state index contributed by atoms with van der Waals surface area (Å²) in [6.07, 6.45) is 1.55. The smallest absolute Gasteiger partial charge is 0.320 e. The molecule has 0 fully saturated rings. The Morgan fingerprint density at radius 1 is 0.596 bits per heavy atom. The van der Waals surface area contributed by atoms with Crippen LogP contribution in [0, 0.1) is 0 Å². The third-order valence-corrected chi connectivity index (χ3v) is 5.60. The van der Waals surface area contributed by atoms with Crippen molar-refractivity contribution in [3.63, 3.8) is 0 Å². The van der Waals surface area contributed by atoms with Crippen molar-refractivity contribution in [3.8, 4) is 11.3 Å². The van der Waals surface area contributed by atoms with Crippen LogP contribution in [-0.2, 0) is 51.2 Å². The molecule has 2 rings (SSSR count). The van der Waals surface area contributed by atoms with Gasteiger partial charge in [-0.1, -0.05) is 0 Å². The highest BCUT2D eigenvalue weighted by molar-refractivity contribution is 5.76. The summed E-state index contributed by atoms with van der Waals surface area (Å²) in [7, 11) is 0. The van der Waals surface area contributed by atoms with E-state index in [-0.39, 0.29) is 39.3 Å². The number of carbonyl (C=O) groups excluding carboxylic acids is 4. The van der Waals surface area contributed by atoms with Gasteiger partial charge in [0.1, 0.15) is 28.2 Å². The largest absolute Gasteiger partial charge is 0.464 e. The number of furan rings is 1. The van der Waals surface area contributed by atoms with E-state index in [4.69, 9.17) is 28.3 Å². The minimum atomic E-state index is -0.717. The summed E-state index contributed by atoms with van der Waals surface area (Å²) >= 11 is 0. The summed E-state index contributed by atoms with van der Waals surface area (Å²) in [5.41, 5.74) is -1.17. The number of nitrogens with zero attached hydrogens (tertiary/aromatic N) is 3. The molecule has 2 aromatic rings. The molecule has 262 valence electrons. The highest BCUT2D eigenvalue weighted by atomic mass is 16.6. The van der Waals surface area contributed by atoms with Gasteiger partial charge in [0.2, 0.25) is 0 Å². The first kappa shape index (κ1) is 39.4. The maximum absolute atomic E-state index is 12.8. The molecule has 0 unspecified atom stereocenters. The Morgan fingerprint density at radius 3 is 1.17 bits per heavy atom. The monoisotopic (exact) mass is 659 g/mol. The van der Waals surface area contributed by atoms with Crippen LogP contribution in [-0.4, -0.2) is 87.2 Å². The average molecular weight is 660 g/mol. The van der Waals surface area contributed by atoms with Gasteiger partial charge in [-0.2, -0.15) is 0 Å². The van der Waals surface area contributed by atoms with E-state index in [0.29, 0.717) is 22.7 Å². The van der Waals surface area contributed by atoms with Gasteiger partial charge in [-0.15, -0.1) is 0 Å². The van der Waals surface area contributed by atoms with E-state index in [1.165, 1.54) is 0 Å². The van der Waals surface area contributed by atoms with Crippen molar-refractivity contribution in [2.75, 3.05) is 26.2 Å². The fourth-order valence-electron chi connectivity index (χ4n) is 4.42. The molecule has 47 heavy (non-hydrogen) atoms. The van der Waals surface area contributed by atoms with Crippen LogP contribution in [0.2, 0.25) is 0 Å². The molecule has 0 bridgehead atoms. The second-order valence-electron chi connectivity index (χ2n) is 15.5. The fraction of sp³-hybridized carbons (Fsp3) is 0.629. The second kappa shape index (κ2) is 15.9. The molecule has 0 spiro atoms. The van der Waals surface area contributed by atoms with E-state index in [9.17, 15) is 19.2 Å². The lowest BCUT2D eigenvalue weighted by molar-refractivity contribution is -0.162. The van der Waals surface area contributed by atoms with Gasteiger partial charge in [-0.05, 0) is 107 Å². The van der Waals surface area contributed by atoms with Crippen molar-refractivity contribution in [3.05, 3.63) is 41.9 Å². The lowest BCUT2D eigenvalue weighted by atomic mass is 10.1. The van der Waals surface area contributed by atoms with Gasteiger partial charge >= 0.3 is 23.9 Å². The molecule has 12 heteroatoms. The summed E-state index contributed by atoms with van der Waals surface area (Å²) in [6.45, 7) is 20.6. The summed E-state index contributed by atoms with van der Waals surface area (Å²) in [4.78, 5) is 59.4. The SMILES string of the molecule is CC(C)(C)OC(=O)CN(CC(=O)OC(C)(C)C)Cc1cc(-c2ccco2)cc(CN(CC(=O)OC(C)(C)C)CC(=O)OC(C)(C)C)n1. The van der Waals surface area contributed by atoms with Gasteiger partial charge in [0.25, 0.3) is 0 Å². The average Bonchev–Trinajstić information content (AvgIpc) is 3.33. The maximum atomic E-state index is 12.8. The molecular weight excluding hydrogens is 606 g/mol. The normalized spacial score (nSPS) is 12.6. The molecular formula is C35H53N3O9. The standard InChI is InChI=1S/C35H53N3O9/c1-32(2,3)44-28(39)20-37(21-29(40)45-33(4,5)6)18-25-16-24(27-14-13-15-43-27)17-26(36-25)19-38(22-30(41)46-34(7,8)9)23-31(42)47-35(10,11)12/h13-17H,18-23H2,1-12H3. The molecule has 0 atom stereocenters. The third kappa shape index (κ3) is 17.1. The molecule has 0 aliphatic heterocycles. The molecule has 0 aliphatic carbocycles. The summed E-state index contributed by atoms with van der Waals surface area (Å²) in [5.74, 6) is -1.48. The minimum absolute atomic E-state index is 0.0815. The van der Waals surface area contributed by atoms with Gasteiger partial charge in [-0.3, -0.25) is 34.0 Å². The van der Waals surface area contributed by atoms with Crippen LogP contribution in [0.5, 0.6) is 0 Å². The predicted octanol–water partition coefficient (Wildman–Crippen LogP) is 5.31. The number of ether oxygens (including phenoxy) is 4. The molecule has 0 N–H and O–H groups in total. The first-order valence-electron chi connectivity index (χ1n) is 15.7. The summed E-state index contributed by atoms with van der Waals surface area (Å²) < 4.78 is 27.8. The maximum Gasteiger partial charge on any atom is 0.320 e. The van der Waals surface area contributed by atoms with Crippen molar-refractivity contribution < 1.29 is 42.5 Å². The zero-order valence-electron chi connectivity index (χ0n) is 30.1. The van der Waals surface area contributed by atoms with E-state index in [2.05, 4.69) is 0 Å². The van der Waals surface area contributed by atoms with Crippen LogP contribution in [0.1, 0.15) is 94.5 Å². The number of carbonyl (C=O) groups is 4. The van der Waals surface area contributed by atoms with Crippen molar-refractivity contribution >= 4 is 23.9 Å². The zero-order valence-corrected chi connectivity index (χ0v) is 30.1. The van der Waals surface area contributed by atoms with Crippen LogP contribution >= 0.6 is 0 Å². The third-order valence-electron chi connectivity index (χ3n) is 5.60. The molecule has 0 aromatic carbocycles. The number of aromatic nitrogens is 1. The quantitative estimate of drug-likeness (QED) is 0.203. The Labute approximate surface area is 279 Å². The van der Waals surface area contributed by atoms with Crippen molar-refractivity contribution in [1.29, 1.82) is 0 Å². The lowest BCUT2D eigenvalue weighted by Gasteiger charge is -2.27. The first-order valence-corrected chi connectivity index (χ1v) is 15.7. The molecule has 0 radical (unpaired) electrons. The molecule has 2 heterocycles. The van der Waals surface area contributed by atoms with Gasteiger partial charge in [0.05, 0.1) is 43.8 Å². The minimum Gasteiger partial charge on any atom is -0.464 e. The van der Waals surface area contributed by atoms with Gasteiger partial charge in [0, 0.05) is 18.7 Å². The lowest BCUT2D eigenvalue weighted by Crippen LogP contribution is -2.40. The van der Waals surface area contributed by atoms with E-state index in [1.807, 2.05) is 0 Å². The molecule has 0 saturated heterocycles. The summed E-state index contributed by atoms with van der Waals surface area (Å²) in [6, 6.07) is 7.14. The van der Waals surface area contributed by atoms with Crippen LogP contribution < -0.4 is 0 Å². The van der Waals surface area contributed by atoms with E-state index >= 15 is 0 Å². The van der Waals surface area contributed by atoms with Crippen molar-refractivity contribution in [2.24, 2.45) is 0 Å². The zero-order chi connectivity index (χ0) is 35.8. The Kier molecular flexibility index (Phi) is 13.3. The Hall–Kier alpha value is -3.77. The van der Waals surface area contributed by atoms with Crippen LogP contribution in [0.4, 0.5) is 0 Å². The van der Waals surface area contributed by atoms with Gasteiger partial charge in [-0.25, -0.2) is 0 Å². The van der Waals surface area contributed by atoms with Crippen LogP contribution in [0.25, 0.3) is 11.3 Å². The highest BCUT2D eigenvalue weighted by Crippen LogP contribution is 2.24. The van der Waals surface area contributed by atoms with Gasteiger partial charge < -0.3 is 23.4 Å². The number of hydrogen-bond donors (Lipinski definition) is 0. The van der Waals surface area contributed by atoms with E-state index < -0.39 is 46.3 Å². The molecule has 0 saturated carbocycles.